The molecule has 0 aliphatic heterocycles. The fraction of sp³-hybridized carbons (Fsp3) is 1.00. The van der Waals surface area contributed by atoms with E-state index >= 15 is 0 Å². The van der Waals surface area contributed by atoms with Crippen molar-refractivity contribution in [2.75, 3.05) is 12.8 Å². The second-order valence-corrected chi connectivity index (χ2v) is 7.94. The zero-order chi connectivity index (χ0) is 12.5. The van der Waals surface area contributed by atoms with E-state index in [1.54, 1.807) is 27.7 Å². The van der Waals surface area contributed by atoms with Crippen molar-refractivity contribution in [3.63, 3.8) is 0 Å². The Bertz CT molecular complexity index is 301. The number of sulfone groups is 1. The van der Waals surface area contributed by atoms with Crippen LogP contribution in [0.2, 0.25) is 0 Å². The standard InChI is InChI=1S/C10H23NO3S/c1-8(10(4,5)12)11-7-9(2,3)15(6,13)14/h8,11-12H,7H2,1-6H3. The first-order valence-corrected chi connectivity index (χ1v) is 6.92. The van der Waals surface area contributed by atoms with Crippen molar-refractivity contribution in [2.24, 2.45) is 0 Å². The largest absolute Gasteiger partial charge is 0.389 e. The van der Waals surface area contributed by atoms with E-state index < -0.39 is 20.2 Å². The SMILES string of the molecule is CC(NCC(C)(C)S(C)(=O)=O)C(C)(C)O. The summed E-state index contributed by atoms with van der Waals surface area (Å²) >= 11 is 0. The number of nitrogens with one attached hydrogen (secondary N) is 1. The fourth-order valence-corrected chi connectivity index (χ4v) is 1.13. The maximum Gasteiger partial charge on any atom is 0.153 e. The van der Waals surface area contributed by atoms with E-state index in [0.29, 0.717) is 6.54 Å². The Hall–Kier alpha value is -0.130. The first kappa shape index (κ1) is 14.9. The lowest BCUT2D eigenvalue weighted by Crippen LogP contribution is -2.51. The molecule has 0 saturated carbocycles. The molecule has 5 heteroatoms. The smallest absolute Gasteiger partial charge is 0.153 e. The molecule has 0 saturated heterocycles. The van der Waals surface area contributed by atoms with Gasteiger partial charge in [-0.05, 0) is 34.6 Å². The van der Waals surface area contributed by atoms with Crippen molar-refractivity contribution < 1.29 is 13.5 Å². The molecule has 1 atom stereocenters. The summed E-state index contributed by atoms with van der Waals surface area (Å²) < 4.78 is 22.0. The lowest BCUT2D eigenvalue weighted by molar-refractivity contribution is 0.0438. The minimum absolute atomic E-state index is 0.154. The van der Waals surface area contributed by atoms with Gasteiger partial charge >= 0.3 is 0 Å². The molecule has 4 nitrogen and oxygen atoms in total. The van der Waals surface area contributed by atoms with Crippen molar-refractivity contribution in [1.82, 2.24) is 5.32 Å². The molecule has 0 bridgehead atoms. The van der Waals surface area contributed by atoms with Gasteiger partial charge in [-0.2, -0.15) is 0 Å². The monoisotopic (exact) mass is 237 g/mol. The number of hydrogen-bond donors (Lipinski definition) is 2. The summed E-state index contributed by atoms with van der Waals surface area (Å²) in [6, 6.07) is -0.154. The van der Waals surface area contributed by atoms with Gasteiger partial charge in [0.15, 0.2) is 9.84 Å². The van der Waals surface area contributed by atoms with Crippen LogP contribution in [-0.2, 0) is 9.84 Å². The summed E-state index contributed by atoms with van der Waals surface area (Å²) in [5, 5.41) is 12.7. The van der Waals surface area contributed by atoms with E-state index in [-0.39, 0.29) is 6.04 Å². The number of aliphatic hydroxyl groups is 1. The minimum Gasteiger partial charge on any atom is -0.389 e. The number of rotatable bonds is 5. The third kappa shape index (κ3) is 4.49. The lowest BCUT2D eigenvalue weighted by atomic mass is 10.0. The second-order valence-electron chi connectivity index (χ2n) is 5.29. The third-order valence-corrected chi connectivity index (χ3v) is 5.05. The highest BCUT2D eigenvalue weighted by atomic mass is 32.2. The van der Waals surface area contributed by atoms with Crippen LogP contribution in [0.3, 0.4) is 0 Å². The Morgan fingerprint density at radius 1 is 1.27 bits per heavy atom. The van der Waals surface area contributed by atoms with Gasteiger partial charge < -0.3 is 10.4 Å². The fourth-order valence-electron chi connectivity index (χ4n) is 0.780. The Labute approximate surface area is 93.0 Å². The van der Waals surface area contributed by atoms with Crippen molar-refractivity contribution in [2.45, 2.75) is 51.0 Å². The van der Waals surface area contributed by atoms with Gasteiger partial charge in [-0.15, -0.1) is 0 Å². The molecule has 0 radical (unpaired) electrons. The molecule has 0 amide bonds. The van der Waals surface area contributed by atoms with Gasteiger partial charge in [0, 0.05) is 18.8 Å². The highest BCUT2D eigenvalue weighted by Gasteiger charge is 2.32. The second kappa shape index (κ2) is 4.39. The molecule has 0 aliphatic rings. The summed E-state index contributed by atoms with van der Waals surface area (Å²) in [5.41, 5.74) is -0.854. The Kier molecular flexibility index (Phi) is 4.35. The highest BCUT2D eigenvalue weighted by Crippen LogP contribution is 2.15. The highest BCUT2D eigenvalue weighted by molar-refractivity contribution is 7.92. The van der Waals surface area contributed by atoms with Crippen molar-refractivity contribution in [3.05, 3.63) is 0 Å². The van der Waals surface area contributed by atoms with E-state index in [9.17, 15) is 13.5 Å². The van der Waals surface area contributed by atoms with Gasteiger partial charge in [0.25, 0.3) is 0 Å². The van der Waals surface area contributed by atoms with Crippen molar-refractivity contribution in [3.8, 4) is 0 Å². The van der Waals surface area contributed by atoms with E-state index in [1.807, 2.05) is 6.92 Å². The van der Waals surface area contributed by atoms with Gasteiger partial charge in [0.2, 0.25) is 0 Å². The molecule has 1 unspecified atom stereocenters. The van der Waals surface area contributed by atoms with Gasteiger partial charge in [-0.25, -0.2) is 8.42 Å². The zero-order valence-corrected chi connectivity index (χ0v) is 11.3. The van der Waals surface area contributed by atoms with E-state index in [1.165, 1.54) is 6.26 Å². The van der Waals surface area contributed by atoms with Crippen LogP contribution in [0.1, 0.15) is 34.6 Å². The molecule has 0 aromatic carbocycles. The van der Waals surface area contributed by atoms with Gasteiger partial charge in [-0.3, -0.25) is 0 Å². The van der Waals surface area contributed by atoms with E-state index in [0.717, 1.165) is 0 Å². The summed E-state index contributed by atoms with van der Waals surface area (Å²) in [4.78, 5) is 0. The van der Waals surface area contributed by atoms with Gasteiger partial charge in [0.1, 0.15) is 0 Å². The Balaban J connectivity index is 4.42. The average molecular weight is 237 g/mol. The quantitative estimate of drug-likeness (QED) is 0.733. The molecule has 0 heterocycles. The van der Waals surface area contributed by atoms with Gasteiger partial charge in [-0.1, -0.05) is 0 Å². The van der Waals surface area contributed by atoms with Crippen LogP contribution in [0.15, 0.2) is 0 Å². The van der Waals surface area contributed by atoms with E-state index in [4.69, 9.17) is 0 Å². The summed E-state index contributed by atoms with van der Waals surface area (Å²) in [6.07, 6.45) is 1.23. The van der Waals surface area contributed by atoms with Crippen LogP contribution >= 0.6 is 0 Å². The Morgan fingerprint density at radius 2 is 1.67 bits per heavy atom. The lowest BCUT2D eigenvalue weighted by Gasteiger charge is -2.31. The van der Waals surface area contributed by atoms with Crippen molar-refractivity contribution >= 4 is 9.84 Å². The molecule has 0 aromatic heterocycles. The van der Waals surface area contributed by atoms with Crippen LogP contribution in [-0.4, -0.2) is 42.7 Å². The molecule has 2 N–H and O–H groups in total. The molecule has 0 fully saturated rings. The minimum atomic E-state index is -3.09. The third-order valence-electron chi connectivity index (χ3n) is 2.90. The van der Waals surface area contributed by atoms with Gasteiger partial charge in [0.05, 0.1) is 10.3 Å². The predicted octanol–water partition coefficient (Wildman–Crippen LogP) is 0.559. The first-order chi connectivity index (χ1) is 6.38. The maximum absolute atomic E-state index is 11.4. The molecule has 0 aliphatic carbocycles. The Morgan fingerprint density at radius 3 is 1.93 bits per heavy atom. The van der Waals surface area contributed by atoms with Crippen LogP contribution < -0.4 is 5.32 Å². The normalized spacial score (nSPS) is 16.5. The summed E-state index contributed by atoms with van der Waals surface area (Å²) in [5.74, 6) is 0. The van der Waals surface area contributed by atoms with Crippen LogP contribution in [0.5, 0.6) is 0 Å². The molecule has 15 heavy (non-hydrogen) atoms. The van der Waals surface area contributed by atoms with Crippen LogP contribution in [0, 0.1) is 0 Å². The summed E-state index contributed by atoms with van der Waals surface area (Å²) in [7, 11) is -3.09. The van der Waals surface area contributed by atoms with Crippen molar-refractivity contribution in [1.29, 1.82) is 0 Å². The molecular formula is C10H23NO3S. The molecule has 0 aromatic rings. The zero-order valence-electron chi connectivity index (χ0n) is 10.5. The first-order valence-electron chi connectivity index (χ1n) is 5.03. The molecule has 0 rings (SSSR count). The average Bonchev–Trinajstić information content (AvgIpc) is 1.96. The predicted molar refractivity (Wildman–Crippen MR) is 62.7 cm³/mol. The molecule has 92 valence electrons. The van der Waals surface area contributed by atoms with Crippen LogP contribution in [0.25, 0.3) is 0 Å². The van der Waals surface area contributed by atoms with E-state index in [2.05, 4.69) is 5.32 Å². The molecular weight excluding hydrogens is 214 g/mol. The number of hydrogen-bond acceptors (Lipinski definition) is 4. The van der Waals surface area contributed by atoms with Crippen LogP contribution in [0.4, 0.5) is 0 Å². The summed E-state index contributed by atoms with van der Waals surface area (Å²) in [6.45, 7) is 8.89. The molecule has 0 spiro atoms. The maximum atomic E-state index is 11.4. The topological polar surface area (TPSA) is 66.4 Å².